The van der Waals surface area contributed by atoms with E-state index in [2.05, 4.69) is 20.2 Å². The zero-order valence-electron chi connectivity index (χ0n) is 15.9. The van der Waals surface area contributed by atoms with Gasteiger partial charge in [-0.2, -0.15) is 0 Å². The first-order valence-electron chi connectivity index (χ1n) is 9.48. The van der Waals surface area contributed by atoms with Crippen molar-refractivity contribution in [3.8, 4) is 0 Å². The van der Waals surface area contributed by atoms with Crippen molar-refractivity contribution < 1.29 is 9.59 Å². The summed E-state index contributed by atoms with van der Waals surface area (Å²) in [4.78, 5) is 37.4. The molecule has 1 aromatic heterocycles. The molecule has 1 aliphatic rings. The van der Waals surface area contributed by atoms with Gasteiger partial charge in [-0.1, -0.05) is 18.2 Å². The molecular formula is C22H21N5O2. The van der Waals surface area contributed by atoms with Crippen molar-refractivity contribution >= 4 is 23.5 Å². The monoisotopic (exact) mass is 387 g/mol. The van der Waals surface area contributed by atoms with Gasteiger partial charge < -0.3 is 15.1 Å². The van der Waals surface area contributed by atoms with Gasteiger partial charge >= 0.3 is 0 Å². The third-order valence-corrected chi connectivity index (χ3v) is 4.83. The molecule has 29 heavy (non-hydrogen) atoms. The molecule has 0 saturated carbocycles. The van der Waals surface area contributed by atoms with E-state index in [4.69, 9.17) is 0 Å². The van der Waals surface area contributed by atoms with E-state index in [0.717, 1.165) is 0 Å². The molecule has 1 saturated heterocycles. The number of hydrogen-bond donors (Lipinski definition) is 1. The lowest BCUT2D eigenvalue weighted by atomic mass is 10.1. The number of rotatable bonds is 4. The predicted molar refractivity (Wildman–Crippen MR) is 111 cm³/mol. The predicted octanol–water partition coefficient (Wildman–Crippen LogP) is 2.69. The van der Waals surface area contributed by atoms with Crippen molar-refractivity contribution in [3.05, 3.63) is 84.2 Å². The minimum atomic E-state index is -0.177. The summed E-state index contributed by atoms with van der Waals surface area (Å²) in [6.07, 6.45) is 3.44. The fourth-order valence-electron chi connectivity index (χ4n) is 3.24. The highest BCUT2D eigenvalue weighted by Crippen LogP contribution is 2.15. The Morgan fingerprint density at radius 3 is 2.07 bits per heavy atom. The molecule has 0 unspecified atom stereocenters. The van der Waals surface area contributed by atoms with E-state index in [1.807, 2.05) is 23.1 Å². The summed E-state index contributed by atoms with van der Waals surface area (Å²) in [5, 5.41) is 2.84. The van der Waals surface area contributed by atoms with Gasteiger partial charge in [0, 0.05) is 55.4 Å². The molecule has 1 aliphatic heterocycles. The van der Waals surface area contributed by atoms with E-state index in [9.17, 15) is 9.59 Å². The number of benzene rings is 2. The molecule has 3 aromatic rings. The molecule has 0 spiro atoms. The molecule has 0 radical (unpaired) electrons. The van der Waals surface area contributed by atoms with Crippen molar-refractivity contribution in [2.45, 2.75) is 0 Å². The molecule has 4 rings (SSSR count). The molecule has 1 N–H and O–H groups in total. The first-order chi connectivity index (χ1) is 14.2. The number of aromatic nitrogens is 2. The molecule has 146 valence electrons. The number of piperazine rings is 1. The third kappa shape index (κ3) is 4.40. The van der Waals surface area contributed by atoms with Crippen molar-refractivity contribution in [3.63, 3.8) is 0 Å². The summed E-state index contributed by atoms with van der Waals surface area (Å²) in [5.41, 5.74) is 1.85. The SMILES string of the molecule is O=C(Nc1ccc(C(=O)N2CCN(c3ncccn3)CC2)cc1)c1ccccc1. The highest BCUT2D eigenvalue weighted by atomic mass is 16.2. The van der Waals surface area contributed by atoms with Gasteiger partial charge in [0.2, 0.25) is 5.95 Å². The van der Waals surface area contributed by atoms with Crippen molar-refractivity contribution in [1.82, 2.24) is 14.9 Å². The number of anilines is 2. The minimum Gasteiger partial charge on any atom is -0.337 e. The van der Waals surface area contributed by atoms with Gasteiger partial charge in [0.15, 0.2) is 0 Å². The van der Waals surface area contributed by atoms with Crippen molar-refractivity contribution in [1.29, 1.82) is 0 Å². The van der Waals surface area contributed by atoms with Crippen LogP contribution in [0.2, 0.25) is 0 Å². The van der Waals surface area contributed by atoms with Gasteiger partial charge in [0.1, 0.15) is 0 Å². The molecular weight excluding hydrogens is 366 g/mol. The zero-order valence-corrected chi connectivity index (χ0v) is 15.9. The lowest BCUT2D eigenvalue weighted by Gasteiger charge is -2.34. The molecule has 0 aliphatic carbocycles. The quantitative estimate of drug-likeness (QED) is 0.745. The Morgan fingerprint density at radius 1 is 0.759 bits per heavy atom. The van der Waals surface area contributed by atoms with Crippen LogP contribution in [0.5, 0.6) is 0 Å². The summed E-state index contributed by atoms with van der Waals surface area (Å²) in [6.45, 7) is 2.62. The fraction of sp³-hybridized carbons (Fsp3) is 0.182. The number of nitrogens with one attached hydrogen (secondary N) is 1. The Bertz CT molecular complexity index is 969. The summed E-state index contributed by atoms with van der Waals surface area (Å²) < 4.78 is 0. The van der Waals surface area contributed by atoms with E-state index in [0.29, 0.717) is 48.9 Å². The first kappa shape index (κ1) is 18.6. The smallest absolute Gasteiger partial charge is 0.255 e. The summed E-state index contributed by atoms with van der Waals surface area (Å²) in [6, 6.07) is 17.8. The number of carbonyl (C=O) groups excluding carboxylic acids is 2. The average Bonchev–Trinajstić information content (AvgIpc) is 2.80. The Kier molecular flexibility index (Phi) is 5.47. The second-order valence-electron chi connectivity index (χ2n) is 6.73. The molecule has 7 nitrogen and oxygen atoms in total. The van der Waals surface area contributed by atoms with Crippen LogP contribution in [0.3, 0.4) is 0 Å². The second-order valence-corrected chi connectivity index (χ2v) is 6.73. The summed E-state index contributed by atoms with van der Waals surface area (Å²) in [7, 11) is 0. The van der Waals surface area contributed by atoms with Gasteiger partial charge in [0.25, 0.3) is 11.8 Å². The molecule has 0 bridgehead atoms. The normalized spacial score (nSPS) is 13.8. The number of amides is 2. The largest absolute Gasteiger partial charge is 0.337 e. The zero-order chi connectivity index (χ0) is 20.1. The number of hydrogen-bond acceptors (Lipinski definition) is 5. The fourth-order valence-corrected chi connectivity index (χ4v) is 3.24. The summed E-state index contributed by atoms with van der Waals surface area (Å²) >= 11 is 0. The Balaban J connectivity index is 1.34. The standard InChI is InChI=1S/C22H21N5O2/c28-20(17-5-2-1-3-6-17)25-19-9-7-18(8-10-19)21(29)26-13-15-27(16-14-26)22-23-11-4-12-24-22/h1-12H,13-16H2,(H,25,28). The van der Waals surface area contributed by atoms with Crippen LogP contribution in [-0.2, 0) is 0 Å². The Labute approximate surface area is 169 Å². The number of nitrogens with zero attached hydrogens (tertiary/aromatic N) is 4. The van der Waals surface area contributed by atoms with Crippen LogP contribution < -0.4 is 10.2 Å². The highest BCUT2D eigenvalue weighted by molar-refractivity contribution is 6.04. The van der Waals surface area contributed by atoms with Crippen molar-refractivity contribution in [2.75, 3.05) is 36.4 Å². The van der Waals surface area contributed by atoms with E-state index in [1.54, 1.807) is 54.9 Å². The van der Waals surface area contributed by atoms with Crippen LogP contribution in [0.1, 0.15) is 20.7 Å². The molecule has 7 heteroatoms. The minimum absolute atomic E-state index is 0.0143. The topological polar surface area (TPSA) is 78.4 Å². The van der Waals surface area contributed by atoms with Gasteiger partial charge in [-0.3, -0.25) is 9.59 Å². The van der Waals surface area contributed by atoms with Crippen LogP contribution in [0.4, 0.5) is 11.6 Å². The van der Waals surface area contributed by atoms with Crippen LogP contribution in [0.25, 0.3) is 0 Å². The van der Waals surface area contributed by atoms with Gasteiger partial charge in [-0.25, -0.2) is 9.97 Å². The molecule has 2 aromatic carbocycles. The average molecular weight is 387 g/mol. The molecule has 0 atom stereocenters. The van der Waals surface area contributed by atoms with Crippen LogP contribution >= 0.6 is 0 Å². The molecule has 1 fully saturated rings. The molecule has 2 heterocycles. The van der Waals surface area contributed by atoms with Crippen LogP contribution in [0, 0.1) is 0 Å². The van der Waals surface area contributed by atoms with Gasteiger partial charge in [-0.05, 0) is 42.5 Å². The maximum atomic E-state index is 12.8. The van der Waals surface area contributed by atoms with Crippen LogP contribution in [-0.4, -0.2) is 52.9 Å². The number of carbonyl (C=O) groups is 2. The maximum Gasteiger partial charge on any atom is 0.255 e. The lowest BCUT2D eigenvalue weighted by molar-refractivity contribution is 0.0746. The van der Waals surface area contributed by atoms with E-state index in [1.165, 1.54) is 0 Å². The second kappa shape index (κ2) is 8.52. The Hall–Kier alpha value is -3.74. The lowest BCUT2D eigenvalue weighted by Crippen LogP contribution is -2.49. The molecule has 2 amide bonds. The maximum absolute atomic E-state index is 12.8. The highest BCUT2D eigenvalue weighted by Gasteiger charge is 2.23. The van der Waals surface area contributed by atoms with E-state index in [-0.39, 0.29) is 11.8 Å². The third-order valence-electron chi connectivity index (χ3n) is 4.83. The Morgan fingerprint density at radius 2 is 1.41 bits per heavy atom. The van der Waals surface area contributed by atoms with Gasteiger partial charge in [0.05, 0.1) is 0 Å². The summed E-state index contributed by atoms with van der Waals surface area (Å²) in [5.74, 6) is 0.501. The van der Waals surface area contributed by atoms with Crippen LogP contribution in [0.15, 0.2) is 73.1 Å². The first-order valence-corrected chi connectivity index (χ1v) is 9.48. The van der Waals surface area contributed by atoms with Gasteiger partial charge in [-0.15, -0.1) is 0 Å². The van der Waals surface area contributed by atoms with E-state index < -0.39 is 0 Å². The van der Waals surface area contributed by atoms with E-state index >= 15 is 0 Å². The van der Waals surface area contributed by atoms with Crippen molar-refractivity contribution in [2.24, 2.45) is 0 Å².